The van der Waals surface area contributed by atoms with E-state index in [1.165, 1.54) is 51.8 Å². The van der Waals surface area contributed by atoms with Crippen LogP contribution in [0.25, 0.3) is 10.9 Å². The number of nitrogens with two attached hydrogens (primary N) is 1. The van der Waals surface area contributed by atoms with E-state index in [9.17, 15) is 13.2 Å². The highest BCUT2D eigenvalue weighted by Crippen LogP contribution is 2.53. The molecule has 0 unspecified atom stereocenters. The van der Waals surface area contributed by atoms with Crippen LogP contribution in [-0.4, -0.2) is 50.4 Å². The number of hydrogen-bond donors (Lipinski definition) is 2. The number of carbonyl (C=O) groups excluding carboxylic acids is 1. The van der Waals surface area contributed by atoms with Crippen LogP contribution in [0.3, 0.4) is 0 Å². The third-order valence-electron chi connectivity index (χ3n) is 8.46. The minimum Gasteiger partial charge on any atom is -0.496 e. The molecule has 1 aliphatic heterocycles. The lowest BCUT2D eigenvalue weighted by Crippen LogP contribution is -2.39. The van der Waals surface area contributed by atoms with Crippen molar-refractivity contribution in [2.75, 3.05) is 21.2 Å². The molecule has 4 aliphatic rings. The van der Waals surface area contributed by atoms with Gasteiger partial charge in [0.25, 0.3) is 5.91 Å². The third-order valence-corrected chi connectivity index (χ3v) is 9.86. The van der Waals surface area contributed by atoms with Gasteiger partial charge in [-0.1, -0.05) is 37.5 Å². The van der Waals surface area contributed by atoms with Gasteiger partial charge in [0.1, 0.15) is 5.75 Å². The van der Waals surface area contributed by atoms with Gasteiger partial charge in [-0.2, -0.15) is 12.7 Å². The molecule has 3 N–H and O–H groups in total. The molecule has 1 aromatic carbocycles. The zero-order chi connectivity index (χ0) is 26.1. The largest absolute Gasteiger partial charge is 0.496 e. The maximum absolute atomic E-state index is 13.2. The number of aromatic nitrogens is 1. The first-order valence-corrected chi connectivity index (χ1v) is 14.5. The van der Waals surface area contributed by atoms with Gasteiger partial charge >= 0.3 is 10.2 Å². The van der Waals surface area contributed by atoms with Crippen molar-refractivity contribution < 1.29 is 17.9 Å². The van der Waals surface area contributed by atoms with Gasteiger partial charge in [-0.25, -0.2) is 4.72 Å². The van der Waals surface area contributed by atoms with E-state index in [0.717, 1.165) is 49.8 Å². The molecule has 1 fully saturated rings. The molecule has 1 amide bonds. The lowest BCUT2D eigenvalue weighted by atomic mass is 9.81. The van der Waals surface area contributed by atoms with Crippen LogP contribution in [0.15, 0.2) is 52.6 Å². The van der Waals surface area contributed by atoms with Crippen LogP contribution >= 0.6 is 0 Å². The normalized spacial score (nSPS) is 23.6. The van der Waals surface area contributed by atoms with Crippen LogP contribution in [0.2, 0.25) is 0 Å². The summed E-state index contributed by atoms with van der Waals surface area (Å²) < 4.78 is 36.2. The monoisotopic (exact) mass is 522 g/mol. The lowest BCUT2D eigenvalue weighted by molar-refractivity contribution is -0.115. The Balaban J connectivity index is 1.54. The molecular weight excluding hydrogens is 488 g/mol. The second-order valence-corrected chi connectivity index (χ2v) is 12.7. The SMILES string of the molecule is COc1ccc(C2CCCCC2)c2c1cc1n2CC2=C(C(=O)NS(=O)(=O)N(C)C)C2=C2C=CC[C@@H](N)[C@H]21. The topological polar surface area (TPSA) is 107 Å². The highest BCUT2D eigenvalue weighted by molar-refractivity contribution is 7.87. The van der Waals surface area contributed by atoms with Crippen molar-refractivity contribution in [2.45, 2.75) is 62.9 Å². The molecule has 0 bridgehead atoms. The average Bonchev–Trinajstić information content (AvgIpc) is 3.51. The number of amides is 1. The maximum Gasteiger partial charge on any atom is 0.303 e. The molecule has 9 heteroatoms. The van der Waals surface area contributed by atoms with Crippen molar-refractivity contribution in [1.82, 2.24) is 13.6 Å². The summed E-state index contributed by atoms with van der Waals surface area (Å²) in [4.78, 5) is 13.2. The molecule has 0 saturated heterocycles. The number of nitrogens with zero attached hydrogens (tertiary/aromatic N) is 2. The standard InChI is InChI=1S/C28H34N4O4S/c1-31(2)37(34,35)30-28(33)26-20-15-32-22(25-18(24(20)26)10-7-11-21(25)29)14-19-23(36-3)13-12-17(27(19)32)16-8-5-4-6-9-16/h7,10,12-14,16,21,25H,4-6,8-9,11,15,29H2,1-3H3,(H,30,33)/t21-,25+/m1/s1. The van der Waals surface area contributed by atoms with Gasteiger partial charge in [-0.3, -0.25) is 4.79 Å². The fourth-order valence-corrected chi connectivity index (χ4v) is 7.08. The first kappa shape index (κ1) is 24.5. The quantitative estimate of drug-likeness (QED) is 0.624. The highest BCUT2D eigenvalue weighted by Gasteiger charge is 2.45. The second kappa shape index (κ2) is 8.85. The number of allylic oxidation sites excluding steroid dienone is 2. The zero-order valence-corrected chi connectivity index (χ0v) is 22.4. The smallest absolute Gasteiger partial charge is 0.303 e. The molecule has 2 atom stereocenters. The molecule has 1 aromatic heterocycles. The molecule has 8 nitrogen and oxygen atoms in total. The molecule has 196 valence electrons. The summed E-state index contributed by atoms with van der Waals surface area (Å²) in [6, 6.07) is 6.38. The van der Waals surface area contributed by atoms with Crippen molar-refractivity contribution >= 4 is 27.0 Å². The molecular formula is C28H34N4O4S. The molecule has 3 aliphatic carbocycles. The highest BCUT2D eigenvalue weighted by atomic mass is 32.2. The van der Waals surface area contributed by atoms with Crippen LogP contribution < -0.4 is 15.2 Å². The van der Waals surface area contributed by atoms with Gasteiger partial charge in [-0.05, 0) is 59.6 Å². The second-order valence-electron chi connectivity index (χ2n) is 10.8. The van der Waals surface area contributed by atoms with Crippen molar-refractivity contribution in [3.05, 3.63) is 63.9 Å². The van der Waals surface area contributed by atoms with E-state index in [1.54, 1.807) is 7.11 Å². The Morgan fingerprint density at radius 3 is 2.65 bits per heavy atom. The zero-order valence-electron chi connectivity index (χ0n) is 21.6. The fourth-order valence-electron chi connectivity index (χ4n) is 6.56. The Morgan fingerprint density at radius 2 is 1.95 bits per heavy atom. The van der Waals surface area contributed by atoms with E-state index >= 15 is 0 Å². The Hall–Kier alpha value is -2.88. The van der Waals surface area contributed by atoms with Gasteiger partial charge < -0.3 is 15.0 Å². The number of ether oxygens (including phenoxy) is 1. The van der Waals surface area contributed by atoms with Gasteiger partial charge in [0, 0.05) is 43.7 Å². The molecule has 0 radical (unpaired) electrons. The third kappa shape index (κ3) is 3.86. The summed E-state index contributed by atoms with van der Waals surface area (Å²) in [5.74, 6) is 0.644. The first-order valence-electron chi connectivity index (χ1n) is 13.1. The predicted octanol–water partition coefficient (Wildman–Crippen LogP) is 3.61. The molecule has 0 spiro atoms. The van der Waals surface area contributed by atoms with Gasteiger partial charge in [0.2, 0.25) is 0 Å². The molecule has 2 aromatic rings. The van der Waals surface area contributed by atoms with E-state index in [4.69, 9.17) is 10.5 Å². The van der Waals surface area contributed by atoms with Crippen molar-refractivity contribution in [3.63, 3.8) is 0 Å². The van der Waals surface area contributed by atoms with Crippen LogP contribution in [0.1, 0.15) is 61.6 Å². The van der Waals surface area contributed by atoms with Crippen molar-refractivity contribution in [3.8, 4) is 5.75 Å². The summed E-state index contributed by atoms with van der Waals surface area (Å²) in [6.45, 7) is 0.506. The van der Waals surface area contributed by atoms with Gasteiger partial charge in [-0.15, -0.1) is 0 Å². The Kier molecular flexibility index (Phi) is 5.85. The van der Waals surface area contributed by atoms with Crippen LogP contribution in [0.5, 0.6) is 5.75 Å². The average molecular weight is 523 g/mol. The van der Waals surface area contributed by atoms with Crippen LogP contribution in [0.4, 0.5) is 0 Å². The number of nitrogens with one attached hydrogen (secondary N) is 1. The number of carbonyl (C=O) groups is 1. The summed E-state index contributed by atoms with van der Waals surface area (Å²) in [5.41, 5.74) is 13.6. The van der Waals surface area contributed by atoms with E-state index in [2.05, 4.69) is 39.6 Å². The minimum atomic E-state index is -3.90. The summed E-state index contributed by atoms with van der Waals surface area (Å²) in [6.07, 6.45) is 10.9. The number of hydrogen-bond acceptors (Lipinski definition) is 5. The number of methoxy groups -OCH3 is 1. The van der Waals surface area contributed by atoms with Crippen molar-refractivity contribution in [2.24, 2.45) is 5.73 Å². The number of fused-ring (bicyclic) bond motifs is 6. The van der Waals surface area contributed by atoms with E-state index in [0.29, 0.717) is 18.0 Å². The van der Waals surface area contributed by atoms with E-state index < -0.39 is 16.1 Å². The number of benzene rings is 1. The Labute approximate surface area is 218 Å². The molecule has 37 heavy (non-hydrogen) atoms. The number of rotatable bonds is 5. The summed E-state index contributed by atoms with van der Waals surface area (Å²) in [7, 11) is 0.605. The molecule has 6 rings (SSSR count). The molecule has 2 heterocycles. The fraction of sp³-hybridized carbons (Fsp3) is 0.464. The maximum atomic E-state index is 13.2. The minimum absolute atomic E-state index is 0.0930. The van der Waals surface area contributed by atoms with Crippen molar-refractivity contribution in [1.29, 1.82) is 0 Å². The van der Waals surface area contributed by atoms with Gasteiger partial charge in [0.05, 0.1) is 18.2 Å². The Bertz CT molecular complexity index is 1510. The molecule has 1 saturated carbocycles. The van der Waals surface area contributed by atoms with E-state index in [1.807, 2.05) is 0 Å². The van der Waals surface area contributed by atoms with Gasteiger partial charge in [0.15, 0.2) is 0 Å². The Morgan fingerprint density at radius 1 is 1.19 bits per heavy atom. The predicted molar refractivity (Wildman–Crippen MR) is 144 cm³/mol. The lowest BCUT2D eigenvalue weighted by Gasteiger charge is -2.29. The van der Waals surface area contributed by atoms with E-state index in [-0.39, 0.29) is 12.0 Å². The van der Waals surface area contributed by atoms with Crippen LogP contribution in [0, 0.1) is 0 Å². The van der Waals surface area contributed by atoms with Crippen LogP contribution in [-0.2, 0) is 21.5 Å². The summed E-state index contributed by atoms with van der Waals surface area (Å²) >= 11 is 0. The summed E-state index contributed by atoms with van der Waals surface area (Å²) in [5, 5.41) is 1.08. The first-order chi connectivity index (χ1) is 17.7.